The van der Waals surface area contributed by atoms with Crippen LogP contribution in [-0.4, -0.2) is 0 Å². The van der Waals surface area contributed by atoms with E-state index in [9.17, 15) is 26.3 Å². The van der Waals surface area contributed by atoms with Gasteiger partial charge in [0.2, 0.25) is 0 Å². The molecule has 0 aliphatic carbocycles. The Hall–Kier alpha value is -0.670. The molecule has 0 aliphatic rings. The van der Waals surface area contributed by atoms with Crippen LogP contribution in [0.5, 0.6) is 5.75 Å². The van der Waals surface area contributed by atoms with Gasteiger partial charge >= 0.3 is 12.4 Å². The van der Waals surface area contributed by atoms with Crippen LogP contribution in [0.3, 0.4) is 0 Å². The highest BCUT2D eigenvalue weighted by Crippen LogP contribution is 2.38. The number of benzene rings is 1. The van der Waals surface area contributed by atoms with E-state index in [1.807, 2.05) is 0 Å². The fourth-order valence-corrected chi connectivity index (χ4v) is 1.23. The van der Waals surface area contributed by atoms with Crippen molar-refractivity contribution >= 4 is 23.0 Å². The van der Waals surface area contributed by atoms with Gasteiger partial charge in [-0.1, -0.05) is 0 Å². The Bertz CT molecular complexity index is 351. The molecule has 0 N–H and O–H groups in total. The molecule has 8 heteroatoms. The second-order valence-electron chi connectivity index (χ2n) is 2.82. The molecule has 0 aromatic heterocycles. The van der Waals surface area contributed by atoms with E-state index < -0.39 is 29.2 Å². The summed E-state index contributed by atoms with van der Waals surface area (Å²) >= 11 is 1.21. The van der Waals surface area contributed by atoms with Gasteiger partial charge in [0.1, 0.15) is 5.75 Å². The van der Waals surface area contributed by atoms with E-state index in [1.165, 1.54) is 23.0 Å². The largest absolute Gasteiger partial charge is 0.428 e. The van der Waals surface area contributed by atoms with Gasteiger partial charge in [-0.25, -0.2) is 0 Å². The van der Waals surface area contributed by atoms with Crippen LogP contribution in [-0.2, 0) is 12.4 Å². The van der Waals surface area contributed by atoms with Crippen LogP contribution in [0.25, 0.3) is 0 Å². The molecule has 1 rings (SSSR count). The molecule has 16 heavy (non-hydrogen) atoms. The van der Waals surface area contributed by atoms with E-state index in [1.54, 1.807) is 0 Å². The third kappa shape index (κ3) is 3.16. The molecule has 0 saturated carbocycles. The monoisotopic (exact) mass is 356 g/mol. The van der Waals surface area contributed by atoms with E-state index >= 15 is 0 Å². The summed E-state index contributed by atoms with van der Waals surface area (Å²) in [5.41, 5.74) is -2.79. The van der Waals surface area contributed by atoms with Gasteiger partial charge in [-0.05, 0) is 18.2 Å². The first-order chi connectivity index (χ1) is 7.14. The molecule has 0 saturated heterocycles. The molecule has 0 radical (unpaired) electrons. The first kappa shape index (κ1) is 13.4. The first-order valence-electron chi connectivity index (χ1n) is 3.72. The average Bonchev–Trinajstić information content (AvgIpc) is 2.14. The van der Waals surface area contributed by atoms with Crippen LogP contribution in [0.15, 0.2) is 18.2 Å². The predicted molar refractivity (Wildman–Crippen MR) is 51.1 cm³/mol. The summed E-state index contributed by atoms with van der Waals surface area (Å²) in [6, 6.07) is 1.04. The highest BCUT2D eigenvalue weighted by atomic mass is 127. The summed E-state index contributed by atoms with van der Waals surface area (Å²) in [5, 5.41) is 0. The summed E-state index contributed by atoms with van der Waals surface area (Å²) in [6.07, 6.45) is -9.68. The third-order valence-electron chi connectivity index (χ3n) is 1.65. The highest BCUT2D eigenvalue weighted by Gasteiger charge is 2.37. The maximum absolute atomic E-state index is 12.2. The normalized spacial score (nSPS) is 12.7. The Morgan fingerprint density at radius 1 is 0.812 bits per heavy atom. The van der Waals surface area contributed by atoms with Gasteiger partial charge in [-0.15, -0.1) is 0 Å². The fraction of sp³-hybridized carbons (Fsp3) is 0.250. The van der Waals surface area contributed by atoms with Gasteiger partial charge in [0, 0.05) is 0 Å². The van der Waals surface area contributed by atoms with Crippen molar-refractivity contribution in [1.29, 1.82) is 0 Å². The van der Waals surface area contributed by atoms with Gasteiger partial charge < -0.3 is 3.07 Å². The van der Waals surface area contributed by atoms with Crippen molar-refractivity contribution in [1.82, 2.24) is 0 Å². The SMILES string of the molecule is FC(F)(F)c1cc(OI)cc(C(F)(F)F)c1. The van der Waals surface area contributed by atoms with Crippen LogP contribution in [0.4, 0.5) is 26.3 Å². The number of rotatable bonds is 1. The van der Waals surface area contributed by atoms with E-state index in [0.717, 1.165) is 0 Å². The van der Waals surface area contributed by atoms with E-state index in [4.69, 9.17) is 0 Å². The van der Waals surface area contributed by atoms with E-state index in [0.29, 0.717) is 12.1 Å². The number of halogens is 7. The quantitative estimate of drug-likeness (QED) is 0.534. The lowest BCUT2D eigenvalue weighted by Gasteiger charge is -2.12. The molecule has 0 spiro atoms. The molecule has 1 aromatic carbocycles. The standard InChI is InChI=1S/C8H3F6IO/c9-7(10,11)4-1-5(8(12,13)14)3-6(2-4)16-15/h1-3H. The Morgan fingerprint density at radius 2 is 1.19 bits per heavy atom. The lowest BCUT2D eigenvalue weighted by Crippen LogP contribution is -2.10. The molecule has 0 atom stereocenters. The highest BCUT2D eigenvalue weighted by molar-refractivity contribution is 14.1. The molecule has 0 fully saturated rings. The molecule has 0 unspecified atom stereocenters. The first-order valence-corrected chi connectivity index (χ1v) is 4.61. The van der Waals surface area contributed by atoms with Crippen LogP contribution in [0, 0.1) is 0 Å². The lowest BCUT2D eigenvalue weighted by molar-refractivity contribution is -0.143. The van der Waals surface area contributed by atoms with Crippen LogP contribution >= 0.6 is 23.0 Å². The molecular formula is C8H3F6IO. The number of alkyl halides is 6. The lowest BCUT2D eigenvalue weighted by atomic mass is 10.1. The second-order valence-corrected chi connectivity index (χ2v) is 3.26. The van der Waals surface area contributed by atoms with E-state index in [2.05, 4.69) is 3.07 Å². The summed E-state index contributed by atoms with van der Waals surface area (Å²) in [4.78, 5) is 0. The molecule has 1 aromatic rings. The Labute approximate surface area is 100 Å². The van der Waals surface area contributed by atoms with Crippen molar-refractivity contribution in [2.75, 3.05) is 0 Å². The maximum atomic E-state index is 12.2. The smallest absolute Gasteiger partial charge is 0.416 e. The summed E-state index contributed by atoms with van der Waals surface area (Å²) < 4.78 is 77.8. The average molecular weight is 356 g/mol. The molecule has 0 aliphatic heterocycles. The summed E-state index contributed by atoms with van der Waals surface area (Å²) in [5.74, 6) is -0.497. The molecule has 90 valence electrons. The Kier molecular flexibility index (Phi) is 3.60. The molecular weight excluding hydrogens is 353 g/mol. The van der Waals surface area contributed by atoms with Gasteiger partial charge in [0.25, 0.3) is 0 Å². The molecule has 0 amide bonds. The zero-order valence-corrected chi connectivity index (χ0v) is 9.44. The van der Waals surface area contributed by atoms with Crippen molar-refractivity contribution in [2.24, 2.45) is 0 Å². The minimum Gasteiger partial charge on any atom is -0.428 e. The minimum atomic E-state index is -4.84. The van der Waals surface area contributed by atoms with Gasteiger partial charge in [-0.2, -0.15) is 26.3 Å². The van der Waals surface area contributed by atoms with Gasteiger partial charge in [0.05, 0.1) is 11.1 Å². The van der Waals surface area contributed by atoms with Crippen molar-refractivity contribution in [3.8, 4) is 5.75 Å². The number of hydrogen-bond acceptors (Lipinski definition) is 1. The topological polar surface area (TPSA) is 9.23 Å². The molecule has 0 heterocycles. The molecule has 1 nitrogen and oxygen atoms in total. The zero-order chi connectivity index (χ0) is 12.6. The van der Waals surface area contributed by atoms with Crippen molar-refractivity contribution < 1.29 is 29.4 Å². The minimum absolute atomic E-state index is 0.0408. The Morgan fingerprint density at radius 3 is 1.44 bits per heavy atom. The van der Waals surface area contributed by atoms with Crippen LogP contribution in [0.2, 0.25) is 0 Å². The fourth-order valence-electron chi connectivity index (χ4n) is 0.971. The third-order valence-corrected chi connectivity index (χ3v) is 2.16. The number of hydrogen-bond donors (Lipinski definition) is 0. The van der Waals surface area contributed by atoms with Gasteiger partial charge in [0.15, 0.2) is 23.0 Å². The van der Waals surface area contributed by atoms with Crippen molar-refractivity contribution in [3.05, 3.63) is 29.3 Å². The molecule has 0 bridgehead atoms. The van der Waals surface area contributed by atoms with Crippen molar-refractivity contribution in [3.63, 3.8) is 0 Å². The summed E-state index contributed by atoms with van der Waals surface area (Å²) in [6.45, 7) is 0. The maximum Gasteiger partial charge on any atom is 0.416 e. The Balaban J connectivity index is 3.33. The van der Waals surface area contributed by atoms with Gasteiger partial charge in [-0.3, -0.25) is 0 Å². The van der Waals surface area contributed by atoms with Crippen LogP contribution in [0.1, 0.15) is 11.1 Å². The zero-order valence-electron chi connectivity index (χ0n) is 7.29. The summed E-state index contributed by atoms with van der Waals surface area (Å²) in [7, 11) is 0. The van der Waals surface area contributed by atoms with E-state index in [-0.39, 0.29) is 6.07 Å². The van der Waals surface area contributed by atoms with Crippen LogP contribution < -0.4 is 3.07 Å². The second kappa shape index (κ2) is 4.30. The van der Waals surface area contributed by atoms with Crippen molar-refractivity contribution in [2.45, 2.75) is 12.4 Å². The predicted octanol–water partition coefficient (Wildman–Crippen LogP) is 4.45.